The van der Waals surface area contributed by atoms with E-state index in [4.69, 9.17) is 0 Å². The third-order valence-electron chi connectivity index (χ3n) is 3.92. The first-order chi connectivity index (χ1) is 11.8. The second-order valence-electron chi connectivity index (χ2n) is 5.41. The van der Waals surface area contributed by atoms with E-state index in [2.05, 4.69) is 40.9 Å². The van der Waals surface area contributed by atoms with Crippen molar-refractivity contribution in [3.63, 3.8) is 0 Å². The molecule has 0 spiro atoms. The highest BCUT2D eigenvalue weighted by Crippen LogP contribution is 2.27. The van der Waals surface area contributed by atoms with Gasteiger partial charge in [0.15, 0.2) is 0 Å². The number of nitrogens with zero attached hydrogens (tertiary/aromatic N) is 1. The third-order valence-corrected chi connectivity index (χ3v) is 4.79. The van der Waals surface area contributed by atoms with E-state index < -0.39 is 0 Å². The van der Waals surface area contributed by atoms with Crippen LogP contribution in [0.5, 0.6) is 0 Å². The molecule has 0 saturated heterocycles. The molecule has 1 amide bonds. The summed E-state index contributed by atoms with van der Waals surface area (Å²) in [6.07, 6.45) is 1.73. The molecule has 4 rings (SSSR count). The van der Waals surface area contributed by atoms with Crippen molar-refractivity contribution >= 4 is 45.0 Å². The molecule has 24 heavy (non-hydrogen) atoms. The first-order valence-corrected chi connectivity index (χ1v) is 8.48. The second kappa shape index (κ2) is 6.26. The topological polar surface area (TPSA) is 41.5 Å². The van der Waals surface area contributed by atoms with Gasteiger partial charge in [0, 0.05) is 5.56 Å². The molecule has 1 N–H and O–H groups in total. The molecule has 0 unspecified atom stereocenters. The Balaban J connectivity index is 1.76. The van der Waals surface area contributed by atoms with Crippen LogP contribution in [0.4, 0.5) is 0 Å². The van der Waals surface area contributed by atoms with E-state index in [1.807, 2.05) is 35.7 Å². The minimum absolute atomic E-state index is 0.189. The van der Waals surface area contributed by atoms with Gasteiger partial charge >= 0.3 is 0 Å². The lowest BCUT2D eigenvalue weighted by Gasteiger charge is -2.07. The van der Waals surface area contributed by atoms with Gasteiger partial charge in [-0.05, 0) is 39.1 Å². The summed E-state index contributed by atoms with van der Waals surface area (Å²) in [7, 11) is 0. The fourth-order valence-electron chi connectivity index (χ4n) is 2.81. The zero-order valence-electron chi connectivity index (χ0n) is 12.8. The lowest BCUT2D eigenvalue weighted by atomic mass is 9.97. The lowest BCUT2D eigenvalue weighted by molar-refractivity contribution is 0.0959. The van der Waals surface area contributed by atoms with Gasteiger partial charge in [-0.1, -0.05) is 54.6 Å². The van der Waals surface area contributed by atoms with Crippen molar-refractivity contribution in [1.29, 1.82) is 0 Å². The van der Waals surface area contributed by atoms with E-state index in [0.717, 1.165) is 27.1 Å². The van der Waals surface area contributed by atoms with Crippen LogP contribution in [-0.2, 0) is 0 Å². The molecule has 4 heteroatoms. The minimum atomic E-state index is -0.189. The highest BCUT2D eigenvalue weighted by atomic mass is 32.1. The van der Waals surface area contributed by atoms with Crippen LogP contribution in [0.25, 0.3) is 21.5 Å². The molecule has 116 valence electrons. The van der Waals surface area contributed by atoms with E-state index in [-0.39, 0.29) is 5.91 Å². The van der Waals surface area contributed by atoms with Crippen LogP contribution in [0.1, 0.15) is 15.2 Å². The SMILES string of the molecule is O=C(N/N=C/c1c2ccccc2cc2ccccc12)c1cccs1. The molecule has 3 nitrogen and oxygen atoms in total. The van der Waals surface area contributed by atoms with E-state index in [9.17, 15) is 4.79 Å². The standard InChI is InChI=1S/C20H14N2OS/c23-20(19-10-5-11-24-19)22-21-13-18-16-8-3-1-6-14(16)12-15-7-2-4-9-17(15)18/h1-13H,(H,22,23)/b21-13+. The Labute approximate surface area is 143 Å². The molecule has 0 aliphatic heterocycles. The predicted molar refractivity (Wildman–Crippen MR) is 101 cm³/mol. The van der Waals surface area contributed by atoms with Gasteiger partial charge in [0.1, 0.15) is 0 Å². The van der Waals surface area contributed by atoms with Crippen molar-refractivity contribution in [2.45, 2.75) is 0 Å². The van der Waals surface area contributed by atoms with Gasteiger partial charge in [0.05, 0.1) is 11.1 Å². The van der Waals surface area contributed by atoms with Gasteiger partial charge < -0.3 is 0 Å². The Morgan fingerprint density at radius 1 is 0.917 bits per heavy atom. The Bertz CT molecular complexity index is 998. The van der Waals surface area contributed by atoms with Crippen molar-refractivity contribution in [3.05, 3.63) is 82.6 Å². The zero-order valence-corrected chi connectivity index (χ0v) is 13.6. The summed E-state index contributed by atoms with van der Waals surface area (Å²) < 4.78 is 0. The predicted octanol–water partition coefficient (Wildman–Crippen LogP) is 4.82. The maximum absolute atomic E-state index is 12.0. The van der Waals surface area contributed by atoms with Crippen LogP contribution in [0.3, 0.4) is 0 Å². The Morgan fingerprint density at radius 3 is 2.21 bits per heavy atom. The van der Waals surface area contributed by atoms with Crippen molar-refractivity contribution < 1.29 is 4.79 Å². The average Bonchev–Trinajstić information content (AvgIpc) is 3.16. The van der Waals surface area contributed by atoms with Crippen LogP contribution in [0.2, 0.25) is 0 Å². The molecule has 3 aromatic carbocycles. The molecule has 0 atom stereocenters. The lowest BCUT2D eigenvalue weighted by Crippen LogP contribution is -2.16. The summed E-state index contributed by atoms with van der Waals surface area (Å²) in [5.74, 6) is -0.189. The molecular weight excluding hydrogens is 316 g/mol. The molecular formula is C20H14N2OS. The van der Waals surface area contributed by atoms with Gasteiger partial charge in [0.2, 0.25) is 0 Å². The fraction of sp³-hybridized carbons (Fsp3) is 0. The fourth-order valence-corrected chi connectivity index (χ4v) is 3.42. The van der Waals surface area contributed by atoms with E-state index >= 15 is 0 Å². The summed E-state index contributed by atoms with van der Waals surface area (Å²) in [6.45, 7) is 0. The molecule has 1 aromatic heterocycles. The largest absolute Gasteiger partial charge is 0.281 e. The molecule has 1 heterocycles. The normalized spacial score (nSPS) is 11.3. The number of nitrogens with one attached hydrogen (secondary N) is 1. The number of amides is 1. The first kappa shape index (κ1) is 14.6. The Morgan fingerprint density at radius 2 is 1.58 bits per heavy atom. The van der Waals surface area contributed by atoms with E-state index in [1.165, 1.54) is 11.3 Å². The monoisotopic (exact) mass is 330 g/mol. The third kappa shape index (κ3) is 2.68. The van der Waals surface area contributed by atoms with Crippen molar-refractivity contribution in [3.8, 4) is 0 Å². The number of benzene rings is 3. The molecule has 0 saturated carbocycles. The van der Waals surface area contributed by atoms with Gasteiger partial charge in [-0.25, -0.2) is 5.43 Å². The summed E-state index contributed by atoms with van der Waals surface area (Å²) in [5.41, 5.74) is 3.61. The molecule has 0 radical (unpaired) electrons. The van der Waals surface area contributed by atoms with Crippen LogP contribution < -0.4 is 5.43 Å². The number of hydrazone groups is 1. The molecule has 0 aliphatic rings. The summed E-state index contributed by atoms with van der Waals surface area (Å²) in [4.78, 5) is 12.7. The van der Waals surface area contributed by atoms with E-state index in [0.29, 0.717) is 4.88 Å². The molecule has 0 fully saturated rings. The number of hydrogen-bond donors (Lipinski definition) is 1. The Hall–Kier alpha value is -2.98. The van der Waals surface area contributed by atoms with Crippen LogP contribution in [0.15, 0.2) is 77.2 Å². The molecule has 4 aromatic rings. The number of carbonyl (C=O) groups excluding carboxylic acids is 1. The first-order valence-electron chi connectivity index (χ1n) is 7.60. The number of carbonyl (C=O) groups is 1. The summed E-state index contributed by atoms with van der Waals surface area (Å²) in [6, 6.07) is 22.2. The number of thiophene rings is 1. The maximum Gasteiger partial charge on any atom is 0.281 e. The maximum atomic E-state index is 12.0. The van der Waals surface area contributed by atoms with Crippen molar-refractivity contribution in [1.82, 2.24) is 5.43 Å². The second-order valence-corrected chi connectivity index (χ2v) is 6.36. The van der Waals surface area contributed by atoms with E-state index in [1.54, 1.807) is 12.3 Å². The number of fused-ring (bicyclic) bond motifs is 2. The average molecular weight is 330 g/mol. The summed E-state index contributed by atoms with van der Waals surface area (Å²) >= 11 is 1.40. The van der Waals surface area contributed by atoms with Crippen molar-refractivity contribution in [2.75, 3.05) is 0 Å². The van der Waals surface area contributed by atoms with Gasteiger partial charge in [-0.15, -0.1) is 11.3 Å². The highest BCUT2D eigenvalue weighted by Gasteiger charge is 2.07. The molecule has 0 aliphatic carbocycles. The smallest absolute Gasteiger partial charge is 0.266 e. The van der Waals surface area contributed by atoms with Crippen LogP contribution in [0, 0.1) is 0 Å². The number of rotatable bonds is 3. The summed E-state index contributed by atoms with van der Waals surface area (Å²) in [5, 5.41) is 10.6. The van der Waals surface area contributed by atoms with Crippen LogP contribution in [-0.4, -0.2) is 12.1 Å². The quantitative estimate of drug-likeness (QED) is 0.327. The highest BCUT2D eigenvalue weighted by molar-refractivity contribution is 7.12. The van der Waals surface area contributed by atoms with Crippen molar-refractivity contribution in [2.24, 2.45) is 5.10 Å². The Kier molecular flexibility index (Phi) is 3.81. The number of hydrogen-bond acceptors (Lipinski definition) is 3. The van der Waals surface area contributed by atoms with Gasteiger partial charge in [-0.3, -0.25) is 4.79 Å². The van der Waals surface area contributed by atoms with Crippen LogP contribution >= 0.6 is 11.3 Å². The molecule has 0 bridgehead atoms. The van der Waals surface area contributed by atoms with Gasteiger partial charge in [0.25, 0.3) is 5.91 Å². The minimum Gasteiger partial charge on any atom is -0.266 e. The zero-order chi connectivity index (χ0) is 16.4. The van der Waals surface area contributed by atoms with Gasteiger partial charge in [-0.2, -0.15) is 5.10 Å².